The molecule has 7 aromatic carbocycles. The quantitative estimate of drug-likeness (QED) is 0.190. The minimum atomic E-state index is 0.184. The number of rotatable bonds is 4. The number of fused-ring (bicyclic) bond motifs is 6. The van der Waals surface area contributed by atoms with Crippen LogP contribution in [0.15, 0.2) is 192 Å². The molecule has 0 N–H and O–H groups in total. The molecule has 2 aliphatic carbocycles. The predicted octanol–water partition coefficient (Wildman–Crippen LogP) is 12.8. The minimum Gasteiger partial charge on any atom is -0.456 e. The molecule has 1 nitrogen and oxygen atoms in total. The molecule has 1 aromatic heterocycles. The molecule has 230 valence electrons. The second-order valence-corrected chi connectivity index (χ2v) is 13.2. The van der Waals surface area contributed by atoms with Gasteiger partial charge in [0, 0.05) is 22.6 Å². The van der Waals surface area contributed by atoms with E-state index in [0.29, 0.717) is 0 Å². The maximum absolute atomic E-state index is 6.45. The van der Waals surface area contributed by atoms with Crippen molar-refractivity contribution in [2.45, 2.75) is 5.92 Å². The molecule has 2 atom stereocenters. The van der Waals surface area contributed by atoms with Gasteiger partial charge in [-0.1, -0.05) is 164 Å². The number of benzene rings is 7. The van der Waals surface area contributed by atoms with Gasteiger partial charge >= 0.3 is 0 Å². The summed E-state index contributed by atoms with van der Waals surface area (Å²) in [5.74, 6) is 0.403. The van der Waals surface area contributed by atoms with Gasteiger partial charge < -0.3 is 4.42 Å². The van der Waals surface area contributed by atoms with Crippen molar-refractivity contribution in [1.82, 2.24) is 0 Å². The fourth-order valence-corrected chi connectivity index (χ4v) is 8.26. The van der Waals surface area contributed by atoms with E-state index in [1.807, 2.05) is 0 Å². The van der Waals surface area contributed by atoms with Crippen LogP contribution < -0.4 is 0 Å². The standard InChI is InChI=1S/C48H32O/c1-2-12-31(13-3-1)32-24-26-33(27-25-32)46-39-18-6-8-20-41(39)47(42-21-9-7-19-40(42)46)37-17-10-16-36(28-37)38-22-11-23-44-48(38)43-29-34-14-4-5-15-35(34)30-45(43)49-44/h1-30,41,47H. The first-order chi connectivity index (χ1) is 24.3. The van der Waals surface area contributed by atoms with Crippen LogP contribution in [0.5, 0.6) is 0 Å². The lowest BCUT2D eigenvalue weighted by Crippen LogP contribution is -2.22. The van der Waals surface area contributed by atoms with E-state index in [2.05, 4.69) is 182 Å². The fraction of sp³-hybridized carbons (Fsp3) is 0.0417. The molecule has 1 heteroatoms. The van der Waals surface area contributed by atoms with Crippen LogP contribution in [-0.4, -0.2) is 0 Å². The third-order valence-corrected chi connectivity index (χ3v) is 10.5. The van der Waals surface area contributed by atoms with Crippen LogP contribution in [-0.2, 0) is 0 Å². The van der Waals surface area contributed by atoms with Gasteiger partial charge in [0.05, 0.1) is 0 Å². The molecule has 2 aliphatic rings. The number of hydrogen-bond donors (Lipinski definition) is 0. The zero-order valence-electron chi connectivity index (χ0n) is 26.9. The number of furan rings is 1. The summed E-state index contributed by atoms with van der Waals surface area (Å²) in [6.07, 6.45) is 9.15. The molecule has 0 saturated heterocycles. The first-order valence-corrected chi connectivity index (χ1v) is 17.1. The van der Waals surface area contributed by atoms with Crippen molar-refractivity contribution in [3.05, 3.63) is 210 Å². The lowest BCUT2D eigenvalue weighted by Gasteiger charge is -2.37. The molecule has 49 heavy (non-hydrogen) atoms. The smallest absolute Gasteiger partial charge is 0.136 e. The second-order valence-electron chi connectivity index (χ2n) is 13.2. The average molecular weight is 625 g/mol. The van der Waals surface area contributed by atoms with E-state index < -0.39 is 0 Å². The zero-order valence-corrected chi connectivity index (χ0v) is 26.9. The van der Waals surface area contributed by atoms with Crippen molar-refractivity contribution in [2.24, 2.45) is 5.92 Å². The highest BCUT2D eigenvalue weighted by Gasteiger charge is 2.35. The molecule has 10 rings (SSSR count). The van der Waals surface area contributed by atoms with E-state index in [9.17, 15) is 0 Å². The SMILES string of the molecule is C1=CC2=C(c3ccc(-c4ccccc4)cc3)c3ccccc3C(c3cccc(-c4cccc5oc6cc7ccccc7cc6c45)c3)C2C=C1. The summed E-state index contributed by atoms with van der Waals surface area (Å²) < 4.78 is 6.45. The molecule has 1 heterocycles. The van der Waals surface area contributed by atoms with Crippen LogP contribution in [0, 0.1) is 5.92 Å². The Morgan fingerprint density at radius 2 is 1.16 bits per heavy atom. The van der Waals surface area contributed by atoms with Crippen LogP contribution in [0.2, 0.25) is 0 Å². The molecule has 0 saturated carbocycles. The molecule has 2 unspecified atom stereocenters. The molecular weight excluding hydrogens is 593 g/mol. The molecule has 0 spiro atoms. The van der Waals surface area contributed by atoms with Crippen molar-refractivity contribution in [1.29, 1.82) is 0 Å². The van der Waals surface area contributed by atoms with Crippen molar-refractivity contribution >= 4 is 38.3 Å². The van der Waals surface area contributed by atoms with Gasteiger partial charge in [-0.05, 0) is 84.6 Å². The Bertz CT molecular complexity index is 2650. The van der Waals surface area contributed by atoms with Crippen LogP contribution in [0.25, 0.3) is 60.5 Å². The first-order valence-electron chi connectivity index (χ1n) is 17.1. The van der Waals surface area contributed by atoms with Crippen molar-refractivity contribution in [3.8, 4) is 22.3 Å². The maximum Gasteiger partial charge on any atom is 0.136 e. The Morgan fingerprint density at radius 3 is 2.04 bits per heavy atom. The highest BCUT2D eigenvalue weighted by molar-refractivity contribution is 6.15. The van der Waals surface area contributed by atoms with Crippen LogP contribution in [0.3, 0.4) is 0 Å². The Labute approximate surface area is 285 Å². The Kier molecular flexibility index (Phi) is 6.38. The molecular formula is C48H32O. The first kappa shape index (κ1) is 27.9. The van der Waals surface area contributed by atoms with Gasteiger partial charge in [0.15, 0.2) is 0 Å². The number of allylic oxidation sites excluding steroid dienone is 5. The van der Waals surface area contributed by atoms with Gasteiger partial charge in [-0.3, -0.25) is 0 Å². The summed E-state index contributed by atoms with van der Waals surface area (Å²) >= 11 is 0. The topological polar surface area (TPSA) is 13.1 Å². The monoisotopic (exact) mass is 624 g/mol. The lowest BCUT2D eigenvalue weighted by molar-refractivity contribution is 0.649. The lowest BCUT2D eigenvalue weighted by atomic mass is 9.66. The van der Waals surface area contributed by atoms with E-state index in [-0.39, 0.29) is 11.8 Å². The van der Waals surface area contributed by atoms with Gasteiger partial charge in [-0.2, -0.15) is 0 Å². The van der Waals surface area contributed by atoms with Gasteiger partial charge in [0.25, 0.3) is 0 Å². The number of hydrogen-bond acceptors (Lipinski definition) is 1. The van der Waals surface area contributed by atoms with E-state index in [4.69, 9.17) is 4.42 Å². The normalized spacial score (nSPS) is 16.7. The van der Waals surface area contributed by atoms with Crippen LogP contribution in [0.1, 0.15) is 28.2 Å². The van der Waals surface area contributed by atoms with Gasteiger partial charge in [0.1, 0.15) is 11.2 Å². The van der Waals surface area contributed by atoms with Gasteiger partial charge in [0.2, 0.25) is 0 Å². The van der Waals surface area contributed by atoms with Gasteiger partial charge in [-0.15, -0.1) is 0 Å². The van der Waals surface area contributed by atoms with Crippen molar-refractivity contribution in [2.75, 3.05) is 0 Å². The molecule has 0 radical (unpaired) electrons. The average Bonchev–Trinajstić information content (AvgIpc) is 3.54. The molecule has 0 fully saturated rings. The Hall–Kier alpha value is -6.18. The Morgan fingerprint density at radius 1 is 0.469 bits per heavy atom. The third-order valence-electron chi connectivity index (χ3n) is 10.5. The Balaban J connectivity index is 1.11. The third kappa shape index (κ3) is 4.54. The fourth-order valence-electron chi connectivity index (χ4n) is 8.26. The van der Waals surface area contributed by atoms with E-state index in [1.165, 1.54) is 71.8 Å². The largest absolute Gasteiger partial charge is 0.456 e. The van der Waals surface area contributed by atoms with E-state index in [0.717, 1.165) is 16.6 Å². The summed E-state index contributed by atoms with van der Waals surface area (Å²) in [5, 5.41) is 4.75. The molecule has 0 aliphatic heterocycles. The summed E-state index contributed by atoms with van der Waals surface area (Å²) in [6.45, 7) is 0. The molecule has 8 aromatic rings. The highest BCUT2D eigenvalue weighted by Crippen LogP contribution is 2.51. The van der Waals surface area contributed by atoms with Crippen molar-refractivity contribution in [3.63, 3.8) is 0 Å². The summed E-state index contributed by atoms with van der Waals surface area (Å²) in [6, 6.07) is 57.4. The van der Waals surface area contributed by atoms with Crippen LogP contribution >= 0.6 is 0 Å². The zero-order chi connectivity index (χ0) is 32.3. The molecule has 0 bridgehead atoms. The minimum absolute atomic E-state index is 0.184. The van der Waals surface area contributed by atoms with Crippen LogP contribution in [0.4, 0.5) is 0 Å². The summed E-state index contributed by atoms with van der Waals surface area (Å²) in [7, 11) is 0. The van der Waals surface area contributed by atoms with Crippen molar-refractivity contribution < 1.29 is 4.42 Å². The summed E-state index contributed by atoms with van der Waals surface area (Å²) in [5.41, 5.74) is 14.7. The maximum atomic E-state index is 6.45. The predicted molar refractivity (Wildman–Crippen MR) is 205 cm³/mol. The second kappa shape index (κ2) is 11.2. The summed E-state index contributed by atoms with van der Waals surface area (Å²) in [4.78, 5) is 0. The van der Waals surface area contributed by atoms with E-state index in [1.54, 1.807) is 0 Å². The van der Waals surface area contributed by atoms with E-state index >= 15 is 0 Å². The highest BCUT2D eigenvalue weighted by atomic mass is 16.3. The molecule has 0 amide bonds. The van der Waals surface area contributed by atoms with Gasteiger partial charge in [-0.25, -0.2) is 0 Å².